The molecule has 5 amide bonds. The molecule has 2 aromatic heterocycles. The molecule has 388 valence electrons. The number of ether oxygens (including phenoxy) is 2. The first-order valence-electron chi connectivity index (χ1n) is 25.3. The van der Waals surface area contributed by atoms with Gasteiger partial charge in [0.25, 0.3) is 0 Å². The Hall–Kier alpha value is -5.47. The van der Waals surface area contributed by atoms with Crippen LogP contribution in [0.15, 0.2) is 49.1 Å². The molecule has 2 aliphatic carbocycles. The van der Waals surface area contributed by atoms with Crippen molar-refractivity contribution in [1.29, 1.82) is 0 Å². The van der Waals surface area contributed by atoms with E-state index >= 15 is 0 Å². The minimum absolute atomic E-state index is 0.0607. The van der Waals surface area contributed by atoms with E-state index in [-0.39, 0.29) is 96.8 Å². The minimum Gasteiger partial charge on any atom is -0.381 e. The molecule has 2 saturated heterocycles. The lowest BCUT2D eigenvalue weighted by Crippen LogP contribution is -2.58. The number of hydrogen-bond acceptors (Lipinski definition) is 12. The Morgan fingerprint density at radius 2 is 1.65 bits per heavy atom. The molecule has 20 heteroatoms. The summed E-state index contributed by atoms with van der Waals surface area (Å²) in [5.41, 5.74) is 0.340. The fourth-order valence-corrected chi connectivity index (χ4v) is 10.7. The number of nitrogens with one attached hydrogen (secondary N) is 4. The molecule has 71 heavy (non-hydrogen) atoms. The number of carbonyl (C=O) groups excluding carboxylic acids is 5. The molecule has 3 aromatic rings. The highest BCUT2D eigenvalue weighted by Crippen LogP contribution is 2.38. The zero-order valence-electron chi connectivity index (χ0n) is 41.4. The summed E-state index contributed by atoms with van der Waals surface area (Å²) in [4.78, 5) is 83.7. The fourth-order valence-electron chi connectivity index (χ4n) is 10.7. The molecule has 6 atom stereocenters. The zero-order chi connectivity index (χ0) is 50.7. The SMILES string of the molecule is CC(C)N(C)[C@@H]1CC[C@H](N2CC[C@H](Nc3ncnc4ccc(C(F)(F)F)cc34)C2=O)[C@H](NC(=O)CCNC(=O)CCCOC[C@H]2CC[C@@H](COCCNC(=O)[C@H]3CC(=O)N(C)[C@@H]3c3cccnc3)CC2)C1. The predicted octanol–water partition coefficient (Wildman–Crippen LogP) is 5.26. The van der Waals surface area contributed by atoms with E-state index in [0.717, 1.165) is 49.8 Å². The van der Waals surface area contributed by atoms with Crippen LogP contribution in [-0.2, 0) is 39.6 Å². The van der Waals surface area contributed by atoms with Crippen LogP contribution in [0.25, 0.3) is 10.9 Å². The van der Waals surface area contributed by atoms with Crippen molar-refractivity contribution < 1.29 is 46.6 Å². The average Bonchev–Trinajstić information content (AvgIpc) is 3.87. The van der Waals surface area contributed by atoms with Gasteiger partial charge in [-0.2, -0.15) is 13.2 Å². The highest BCUT2D eigenvalue weighted by atomic mass is 19.4. The third kappa shape index (κ3) is 14.2. The van der Waals surface area contributed by atoms with Gasteiger partial charge in [-0.15, -0.1) is 0 Å². The Kier molecular flexibility index (Phi) is 18.6. The van der Waals surface area contributed by atoms with E-state index in [9.17, 15) is 37.1 Å². The van der Waals surface area contributed by atoms with Gasteiger partial charge in [0.05, 0.1) is 41.7 Å². The molecule has 2 aliphatic heterocycles. The van der Waals surface area contributed by atoms with Crippen LogP contribution in [-0.4, -0.2) is 150 Å². The van der Waals surface area contributed by atoms with E-state index in [1.54, 1.807) is 29.2 Å². The first-order chi connectivity index (χ1) is 34.1. The largest absolute Gasteiger partial charge is 0.416 e. The molecule has 0 spiro atoms. The first kappa shape index (κ1) is 53.3. The molecule has 4 aliphatic rings. The van der Waals surface area contributed by atoms with Crippen molar-refractivity contribution in [2.45, 2.75) is 133 Å². The first-order valence-corrected chi connectivity index (χ1v) is 25.3. The lowest BCUT2D eigenvalue weighted by Gasteiger charge is -2.44. The van der Waals surface area contributed by atoms with Crippen molar-refractivity contribution in [3.05, 3.63) is 60.2 Å². The number of halogens is 3. The molecular formula is C51H71F3N10O7. The number of pyridine rings is 1. The average molecular weight is 993 g/mol. The van der Waals surface area contributed by atoms with Gasteiger partial charge in [0.2, 0.25) is 29.5 Å². The number of benzene rings is 1. The predicted molar refractivity (Wildman–Crippen MR) is 259 cm³/mol. The Bertz CT molecular complexity index is 2280. The van der Waals surface area contributed by atoms with Gasteiger partial charge in [-0.25, -0.2) is 9.97 Å². The van der Waals surface area contributed by atoms with Crippen LogP contribution in [0.5, 0.6) is 0 Å². The number of fused-ring (bicyclic) bond motifs is 1. The molecular weight excluding hydrogens is 922 g/mol. The van der Waals surface area contributed by atoms with Crippen LogP contribution < -0.4 is 21.3 Å². The van der Waals surface area contributed by atoms with Crippen molar-refractivity contribution in [3.63, 3.8) is 0 Å². The van der Waals surface area contributed by atoms with E-state index in [1.807, 2.05) is 12.1 Å². The zero-order valence-corrected chi connectivity index (χ0v) is 41.4. The number of hydrogen-bond donors (Lipinski definition) is 4. The number of aromatic nitrogens is 3. The molecule has 0 radical (unpaired) electrons. The number of nitrogens with zero attached hydrogens (tertiary/aromatic N) is 6. The third-order valence-corrected chi connectivity index (χ3v) is 15.0. The van der Waals surface area contributed by atoms with Crippen LogP contribution in [0.3, 0.4) is 0 Å². The summed E-state index contributed by atoms with van der Waals surface area (Å²) in [6.07, 6.45) is 7.85. The monoisotopic (exact) mass is 993 g/mol. The molecule has 1 aromatic carbocycles. The van der Waals surface area contributed by atoms with Gasteiger partial charge in [-0.3, -0.25) is 29.0 Å². The minimum atomic E-state index is -4.55. The van der Waals surface area contributed by atoms with Crippen molar-refractivity contribution in [2.24, 2.45) is 17.8 Å². The Morgan fingerprint density at radius 1 is 0.901 bits per heavy atom. The second kappa shape index (κ2) is 24.8. The Labute approximate surface area is 414 Å². The van der Waals surface area contributed by atoms with Crippen molar-refractivity contribution in [3.8, 4) is 0 Å². The molecule has 4 N–H and O–H groups in total. The molecule has 4 fully saturated rings. The summed E-state index contributed by atoms with van der Waals surface area (Å²) in [5, 5.41) is 12.3. The van der Waals surface area contributed by atoms with Crippen molar-refractivity contribution in [1.82, 2.24) is 45.6 Å². The summed E-state index contributed by atoms with van der Waals surface area (Å²) in [7, 11) is 3.78. The lowest BCUT2D eigenvalue weighted by molar-refractivity contribution is -0.137. The number of amides is 5. The summed E-state index contributed by atoms with van der Waals surface area (Å²) < 4.78 is 52.6. The maximum absolute atomic E-state index is 14.0. The smallest absolute Gasteiger partial charge is 0.381 e. The second-order valence-electron chi connectivity index (χ2n) is 20.0. The van der Waals surface area contributed by atoms with E-state index in [1.165, 1.54) is 12.4 Å². The van der Waals surface area contributed by atoms with Crippen LogP contribution in [0, 0.1) is 17.8 Å². The molecule has 2 saturated carbocycles. The molecule has 17 nitrogen and oxygen atoms in total. The van der Waals surface area contributed by atoms with Crippen molar-refractivity contribution >= 4 is 46.3 Å². The Balaban J connectivity index is 0.763. The maximum Gasteiger partial charge on any atom is 0.416 e. The maximum atomic E-state index is 14.0. The van der Waals surface area contributed by atoms with E-state index in [2.05, 4.69) is 62.0 Å². The third-order valence-electron chi connectivity index (χ3n) is 15.0. The van der Waals surface area contributed by atoms with Crippen LogP contribution in [0.1, 0.15) is 108 Å². The quantitative estimate of drug-likeness (QED) is 0.0954. The lowest BCUT2D eigenvalue weighted by atomic mass is 9.83. The molecule has 0 unspecified atom stereocenters. The van der Waals surface area contributed by atoms with Crippen LogP contribution >= 0.6 is 0 Å². The Morgan fingerprint density at radius 3 is 2.35 bits per heavy atom. The van der Waals surface area contributed by atoms with Gasteiger partial charge in [0.1, 0.15) is 18.2 Å². The van der Waals surface area contributed by atoms with Gasteiger partial charge < -0.3 is 45.4 Å². The number of carbonyl (C=O) groups is 5. The van der Waals surface area contributed by atoms with E-state index in [4.69, 9.17) is 9.47 Å². The van der Waals surface area contributed by atoms with Gasteiger partial charge in [0.15, 0.2) is 0 Å². The molecule has 0 bridgehead atoms. The summed E-state index contributed by atoms with van der Waals surface area (Å²) in [6.45, 7) is 7.34. The number of likely N-dealkylation sites (tertiary alicyclic amines) is 2. The fraction of sp³-hybridized carbons (Fsp3) is 0.647. The van der Waals surface area contributed by atoms with Crippen LogP contribution in [0.2, 0.25) is 0 Å². The number of rotatable bonds is 22. The van der Waals surface area contributed by atoms with Gasteiger partial charge in [-0.1, -0.05) is 6.07 Å². The summed E-state index contributed by atoms with van der Waals surface area (Å²) in [6, 6.07) is 5.75. The molecule has 7 rings (SSSR count). The van der Waals surface area contributed by atoms with Gasteiger partial charge in [-0.05, 0) is 120 Å². The van der Waals surface area contributed by atoms with Crippen LogP contribution in [0.4, 0.5) is 19.0 Å². The second-order valence-corrected chi connectivity index (χ2v) is 20.0. The highest BCUT2D eigenvalue weighted by Gasteiger charge is 2.44. The van der Waals surface area contributed by atoms with Gasteiger partial charge in [0, 0.05) is 95.6 Å². The van der Waals surface area contributed by atoms with Gasteiger partial charge >= 0.3 is 6.18 Å². The summed E-state index contributed by atoms with van der Waals surface area (Å²) >= 11 is 0. The van der Waals surface area contributed by atoms with E-state index < -0.39 is 23.7 Å². The number of alkyl halides is 3. The number of anilines is 1. The highest BCUT2D eigenvalue weighted by molar-refractivity contribution is 5.93. The van der Waals surface area contributed by atoms with E-state index in [0.29, 0.717) is 82.6 Å². The standard InChI is InChI=1S/C51H71F3N10O7/c1-32(2)62(3)37-14-16-43(64-22-18-41(50(64)69)61-48-38-25-36(51(52,53)54)13-15-40(38)58-31-59-48)42(26-37)60-45(66)17-20-56-44(65)8-6-23-70-29-33-9-11-34(12-10-33)30-71-24-21-57-49(68)39-27-46(67)63(4)47(39)35-7-5-19-55-28-35/h5,7,13,15,19,25,28,31-34,37,39,41-43,47H,6,8-12,14,16-18,20-24,26-27,29-30H2,1-4H3,(H,56,65)(H,57,68)(H,60,66)(H,58,59,61)/t33-,34+,37-,39+,41+,42-,43+,47-/m1/s1. The normalized spacial score (nSPS) is 25.0. The summed E-state index contributed by atoms with van der Waals surface area (Å²) in [5.74, 6) is -0.208. The topological polar surface area (TPSA) is 200 Å². The van der Waals surface area contributed by atoms with Crippen molar-refractivity contribution in [2.75, 3.05) is 65.5 Å². The molecule has 4 heterocycles.